The van der Waals surface area contributed by atoms with Crippen LogP contribution in [0.25, 0.3) is 0 Å². The monoisotopic (exact) mass is 484 g/mol. The molecule has 3 aromatic rings. The molecule has 1 aliphatic rings. The van der Waals surface area contributed by atoms with Crippen LogP contribution in [0.5, 0.6) is 0 Å². The van der Waals surface area contributed by atoms with Gasteiger partial charge in [-0.15, -0.1) is 0 Å². The number of sulfonamides is 2. The maximum Gasteiger partial charge on any atom is 0.243 e. The lowest BCUT2D eigenvalue weighted by Gasteiger charge is -2.28. The Morgan fingerprint density at radius 3 is 1.91 bits per heavy atom. The summed E-state index contributed by atoms with van der Waals surface area (Å²) in [5.41, 5.74) is 2.81. The van der Waals surface area contributed by atoms with Crippen LogP contribution in [0.2, 0.25) is 0 Å². The van der Waals surface area contributed by atoms with E-state index in [4.69, 9.17) is 0 Å². The number of hydrogen-bond donors (Lipinski definition) is 1. The van der Waals surface area contributed by atoms with Crippen LogP contribution in [0.1, 0.15) is 29.2 Å². The summed E-state index contributed by atoms with van der Waals surface area (Å²) in [4.78, 5) is 0.446. The second-order valence-electron chi connectivity index (χ2n) is 8.50. The van der Waals surface area contributed by atoms with E-state index >= 15 is 0 Å². The summed E-state index contributed by atoms with van der Waals surface area (Å²) < 4.78 is 56.9. The Morgan fingerprint density at radius 1 is 0.788 bits per heavy atom. The Morgan fingerprint density at radius 2 is 1.33 bits per heavy atom. The third-order valence-corrected chi connectivity index (χ3v) is 9.45. The second kappa shape index (κ2) is 9.38. The molecule has 1 N–H and O–H groups in total. The van der Waals surface area contributed by atoms with Gasteiger partial charge in [0.05, 0.1) is 15.8 Å². The molecule has 3 aromatic carbocycles. The normalized spacial score (nSPS) is 19.6. The van der Waals surface area contributed by atoms with Crippen molar-refractivity contribution in [1.29, 1.82) is 0 Å². The summed E-state index contributed by atoms with van der Waals surface area (Å²) in [6.45, 7) is 4.29. The Bertz CT molecular complexity index is 1310. The summed E-state index contributed by atoms with van der Waals surface area (Å²) in [5, 5.41) is 0. The maximum absolute atomic E-state index is 13.5. The molecule has 1 saturated heterocycles. The van der Waals surface area contributed by atoms with Crippen LogP contribution in [0.4, 0.5) is 0 Å². The highest BCUT2D eigenvalue weighted by atomic mass is 32.2. The van der Waals surface area contributed by atoms with E-state index in [1.165, 1.54) is 4.31 Å². The van der Waals surface area contributed by atoms with Crippen molar-refractivity contribution in [3.05, 3.63) is 95.6 Å². The highest BCUT2D eigenvalue weighted by molar-refractivity contribution is 7.89. The van der Waals surface area contributed by atoms with Crippen molar-refractivity contribution < 1.29 is 16.8 Å². The topological polar surface area (TPSA) is 83.6 Å². The smallest absolute Gasteiger partial charge is 0.211 e. The van der Waals surface area contributed by atoms with E-state index < -0.39 is 26.1 Å². The van der Waals surface area contributed by atoms with E-state index in [0.717, 1.165) is 16.7 Å². The number of nitrogens with one attached hydrogen (secondary N) is 1. The Hall–Kier alpha value is -2.52. The predicted octanol–water partition coefficient (Wildman–Crippen LogP) is 4.03. The van der Waals surface area contributed by atoms with Crippen molar-refractivity contribution in [3.8, 4) is 0 Å². The molecule has 0 saturated carbocycles. The van der Waals surface area contributed by atoms with Crippen molar-refractivity contribution in [1.82, 2.24) is 9.03 Å². The summed E-state index contributed by atoms with van der Waals surface area (Å²) >= 11 is 0. The minimum absolute atomic E-state index is 0.149. The van der Waals surface area contributed by atoms with Crippen LogP contribution in [0.15, 0.2) is 88.7 Å². The fourth-order valence-corrected chi connectivity index (χ4v) is 7.04. The van der Waals surface area contributed by atoms with Gasteiger partial charge in [0.2, 0.25) is 20.0 Å². The molecule has 0 bridgehead atoms. The average Bonchev–Trinajstić information content (AvgIpc) is 3.24. The number of nitrogens with zero attached hydrogens (tertiary/aromatic N) is 1. The third-order valence-electron chi connectivity index (χ3n) is 6.11. The van der Waals surface area contributed by atoms with Gasteiger partial charge in [-0.25, -0.2) is 21.6 Å². The van der Waals surface area contributed by atoms with Gasteiger partial charge in [0, 0.05) is 13.1 Å². The fraction of sp³-hybridized carbons (Fsp3) is 0.280. The van der Waals surface area contributed by atoms with E-state index in [2.05, 4.69) is 4.72 Å². The molecule has 4 rings (SSSR count). The first-order valence-corrected chi connectivity index (χ1v) is 13.8. The van der Waals surface area contributed by atoms with Crippen molar-refractivity contribution >= 4 is 20.0 Å². The van der Waals surface area contributed by atoms with Gasteiger partial charge in [0.15, 0.2) is 0 Å². The van der Waals surface area contributed by atoms with E-state index in [1.54, 1.807) is 48.5 Å². The number of hydrogen-bond acceptors (Lipinski definition) is 4. The molecular weight excluding hydrogens is 456 g/mol. The van der Waals surface area contributed by atoms with E-state index in [-0.39, 0.29) is 22.3 Å². The van der Waals surface area contributed by atoms with Crippen molar-refractivity contribution in [2.24, 2.45) is 5.92 Å². The lowest BCUT2D eigenvalue weighted by atomic mass is 9.94. The molecule has 1 fully saturated rings. The van der Waals surface area contributed by atoms with Gasteiger partial charge in [0.1, 0.15) is 0 Å². The molecule has 2 atom stereocenters. The first-order valence-electron chi connectivity index (χ1n) is 10.9. The number of benzene rings is 3. The first-order chi connectivity index (χ1) is 15.7. The predicted molar refractivity (Wildman–Crippen MR) is 129 cm³/mol. The Kier molecular flexibility index (Phi) is 6.72. The largest absolute Gasteiger partial charge is 0.243 e. The van der Waals surface area contributed by atoms with Crippen LogP contribution in [0.3, 0.4) is 0 Å². The molecule has 8 heteroatoms. The zero-order valence-corrected chi connectivity index (χ0v) is 20.3. The molecule has 0 unspecified atom stereocenters. The van der Waals surface area contributed by atoms with Crippen molar-refractivity contribution in [2.75, 3.05) is 13.1 Å². The molecule has 33 heavy (non-hydrogen) atoms. The average molecular weight is 485 g/mol. The van der Waals surface area contributed by atoms with Crippen molar-refractivity contribution in [2.45, 2.75) is 36.1 Å². The van der Waals surface area contributed by atoms with Gasteiger partial charge >= 0.3 is 0 Å². The molecule has 0 spiro atoms. The molecular formula is C25H28N2O4S2. The maximum atomic E-state index is 13.5. The number of aryl methyl sites for hydroxylation is 2. The Balaban J connectivity index is 1.62. The molecule has 1 heterocycles. The van der Waals surface area contributed by atoms with Gasteiger partial charge in [-0.2, -0.15) is 4.31 Å². The first kappa shape index (κ1) is 23.6. The quantitative estimate of drug-likeness (QED) is 0.549. The molecule has 0 aromatic heterocycles. The standard InChI is InChI=1S/C25H28N2O4S2/c1-19-8-12-23(13-9-19)32(28,29)26-18-22-16-17-27(25(22)21-6-4-3-5-7-21)33(30,31)24-14-10-20(2)11-15-24/h3-15,22,25-26H,16-18H2,1-2H3/t22-,25+/m0/s1. The van der Waals surface area contributed by atoms with E-state index in [0.29, 0.717) is 13.0 Å². The SMILES string of the molecule is Cc1ccc(S(=O)(=O)NC[C@@H]2CCN(S(=O)(=O)c3ccc(C)cc3)[C@@H]2c2ccccc2)cc1. The molecule has 6 nitrogen and oxygen atoms in total. The molecule has 0 amide bonds. The van der Waals surface area contributed by atoms with Gasteiger partial charge < -0.3 is 0 Å². The summed E-state index contributed by atoms with van der Waals surface area (Å²) in [7, 11) is -7.44. The summed E-state index contributed by atoms with van der Waals surface area (Å²) in [6, 6.07) is 22.5. The summed E-state index contributed by atoms with van der Waals surface area (Å²) in [6.07, 6.45) is 0.557. The van der Waals surface area contributed by atoms with Crippen molar-refractivity contribution in [3.63, 3.8) is 0 Å². The van der Waals surface area contributed by atoms with Gasteiger partial charge in [-0.3, -0.25) is 0 Å². The minimum Gasteiger partial charge on any atom is -0.211 e. The highest BCUT2D eigenvalue weighted by Crippen LogP contribution is 2.40. The second-order valence-corrected chi connectivity index (χ2v) is 12.2. The van der Waals surface area contributed by atoms with Crippen LogP contribution >= 0.6 is 0 Å². The van der Waals surface area contributed by atoms with Crippen LogP contribution in [-0.4, -0.2) is 34.2 Å². The van der Waals surface area contributed by atoms with Crippen LogP contribution in [0, 0.1) is 19.8 Å². The fourth-order valence-electron chi connectivity index (χ4n) is 4.26. The summed E-state index contributed by atoms with van der Waals surface area (Å²) in [5.74, 6) is -0.201. The van der Waals surface area contributed by atoms with Gasteiger partial charge in [0.25, 0.3) is 0 Å². The minimum atomic E-state index is -3.74. The molecule has 1 aliphatic heterocycles. The third kappa shape index (κ3) is 5.04. The zero-order chi connectivity index (χ0) is 23.6. The molecule has 174 valence electrons. The molecule has 0 aliphatic carbocycles. The lowest BCUT2D eigenvalue weighted by molar-refractivity contribution is 0.343. The molecule has 0 radical (unpaired) electrons. The van der Waals surface area contributed by atoms with Gasteiger partial charge in [-0.05, 0) is 56.0 Å². The van der Waals surface area contributed by atoms with Crippen LogP contribution in [-0.2, 0) is 20.0 Å². The Labute approximate surface area is 196 Å². The lowest BCUT2D eigenvalue weighted by Crippen LogP contribution is -2.36. The highest BCUT2D eigenvalue weighted by Gasteiger charge is 2.42. The van der Waals surface area contributed by atoms with E-state index in [9.17, 15) is 16.8 Å². The number of rotatable bonds is 7. The van der Waals surface area contributed by atoms with Crippen LogP contribution < -0.4 is 4.72 Å². The zero-order valence-electron chi connectivity index (χ0n) is 18.7. The van der Waals surface area contributed by atoms with E-state index in [1.807, 2.05) is 44.2 Å². The van der Waals surface area contributed by atoms with Gasteiger partial charge in [-0.1, -0.05) is 65.7 Å².